The molecule has 1 unspecified atom stereocenters. The van der Waals surface area contributed by atoms with Gasteiger partial charge in [-0.2, -0.15) is 0 Å². The Bertz CT molecular complexity index is 279. The summed E-state index contributed by atoms with van der Waals surface area (Å²) in [5, 5.41) is 0. The minimum absolute atomic E-state index is 0.181. The van der Waals surface area contributed by atoms with Gasteiger partial charge in [0, 0.05) is 19.9 Å². The number of rotatable bonds is 3. The van der Waals surface area contributed by atoms with Gasteiger partial charge in [0.1, 0.15) is 12.8 Å². The molecular formula is C10H14N2O2. The van der Waals surface area contributed by atoms with Crippen LogP contribution in [0.4, 0.5) is 5.69 Å². The molecule has 14 heavy (non-hydrogen) atoms. The van der Waals surface area contributed by atoms with Crippen molar-refractivity contribution in [2.45, 2.75) is 6.10 Å². The van der Waals surface area contributed by atoms with Gasteiger partial charge in [0.05, 0.1) is 18.5 Å². The summed E-state index contributed by atoms with van der Waals surface area (Å²) in [7, 11) is 1.69. The smallest absolute Gasteiger partial charge is 0.119 e. The van der Waals surface area contributed by atoms with Crippen molar-refractivity contribution in [2.75, 3.05) is 31.9 Å². The summed E-state index contributed by atoms with van der Waals surface area (Å²) in [5.74, 6) is 0. The molecule has 1 aliphatic heterocycles. The first-order chi connectivity index (χ1) is 6.90. The third kappa shape index (κ3) is 2.02. The Hall–Kier alpha value is -1.13. The van der Waals surface area contributed by atoms with Crippen LogP contribution in [-0.2, 0) is 9.47 Å². The molecule has 0 aromatic carbocycles. The third-order valence-electron chi connectivity index (χ3n) is 2.25. The van der Waals surface area contributed by atoms with Gasteiger partial charge >= 0.3 is 0 Å². The molecule has 76 valence electrons. The van der Waals surface area contributed by atoms with Crippen LogP contribution in [0.2, 0.25) is 0 Å². The summed E-state index contributed by atoms with van der Waals surface area (Å²) in [5.41, 5.74) is 1.10. The number of nitrogens with zero attached hydrogens (tertiary/aromatic N) is 2. The van der Waals surface area contributed by atoms with Gasteiger partial charge in [0.25, 0.3) is 0 Å². The molecular weight excluding hydrogens is 180 g/mol. The van der Waals surface area contributed by atoms with Crippen molar-refractivity contribution >= 4 is 5.69 Å². The molecule has 0 aliphatic carbocycles. The van der Waals surface area contributed by atoms with Crippen molar-refractivity contribution in [3.05, 3.63) is 24.5 Å². The minimum atomic E-state index is 0.181. The maximum absolute atomic E-state index is 5.53. The summed E-state index contributed by atoms with van der Waals surface area (Å²) in [6.07, 6.45) is 3.80. The Morgan fingerprint density at radius 2 is 2.64 bits per heavy atom. The number of ether oxygens (including phenoxy) is 2. The summed E-state index contributed by atoms with van der Waals surface area (Å²) in [4.78, 5) is 6.22. The van der Waals surface area contributed by atoms with Crippen molar-refractivity contribution in [2.24, 2.45) is 0 Å². The number of hydrogen-bond donors (Lipinski definition) is 0. The number of hydrogen-bond acceptors (Lipinski definition) is 4. The van der Waals surface area contributed by atoms with Gasteiger partial charge in [-0.1, -0.05) is 0 Å². The summed E-state index contributed by atoms with van der Waals surface area (Å²) >= 11 is 0. The van der Waals surface area contributed by atoms with Crippen LogP contribution in [0.25, 0.3) is 0 Å². The zero-order chi connectivity index (χ0) is 9.80. The molecule has 1 aromatic rings. The van der Waals surface area contributed by atoms with Gasteiger partial charge in [-0.05, 0) is 12.1 Å². The Labute approximate surface area is 83.5 Å². The molecule has 0 spiro atoms. The molecule has 1 atom stereocenters. The topological polar surface area (TPSA) is 34.6 Å². The normalized spacial score (nSPS) is 21.5. The average molecular weight is 194 g/mol. The molecule has 1 saturated heterocycles. The monoisotopic (exact) mass is 194 g/mol. The van der Waals surface area contributed by atoms with E-state index in [0.717, 1.165) is 12.2 Å². The lowest BCUT2D eigenvalue weighted by atomic mass is 10.3. The fourth-order valence-corrected chi connectivity index (χ4v) is 1.55. The Morgan fingerprint density at radius 3 is 3.36 bits per heavy atom. The van der Waals surface area contributed by atoms with Crippen LogP contribution in [0.15, 0.2) is 24.5 Å². The minimum Gasteiger partial charge on any atom is -0.382 e. The number of anilines is 1. The van der Waals surface area contributed by atoms with E-state index in [2.05, 4.69) is 9.88 Å². The fraction of sp³-hybridized carbons (Fsp3) is 0.500. The first-order valence-corrected chi connectivity index (χ1v) is 4.65. The fourth-order valence-electron chi connectivity index (χ4n) is 1.55. The first kappa shape index (κ1) is 9.43. The van der Waals surface area contributed by atoms with Gasteiger partial charge in [-0.25, -0.2) is 0 Å². The van der Waals surface area contributed by atoms with Crippen LogP contribution in [0.1, 0.15) is 0 Å². The van der Waals surface area contributed by atoms with Gasteiger partial charge in [0.2, 0.25) is 0 Å². The molecule has 1 aromatic heterocycles. The quantitative estimate of drug-likeness (QED) is 0.715. The zero-order valence-corrected chi connectivity index (χ0v) is 8.22. The van der Waals surface area contributed by atoms with Gasteiger partial charge in [0.15, 0.2) is 0 Å². The molecule has 1 aliphatic rings. The highest BCUT2D eigenvalue weighted by atomic mass is 16.5. The Morgan fingerprint density at radius 1 is 1.71 bits per heavy atom. The van der Waals surface area contributed by atoms with E-state index in [4.69, 9.17) is 9.47 Å². The molecule has 2 rings (SSSR count). The van der Waals surface area contributed by atoms with Crippen molar-refractivity contribution in [3.8, 4) is 0 Å². The maximum atomic E-state index is 5.53. The molecule has 0 bridgehead atoms. The van der Waals surface area contributed by atoms with Crippen molar-refractivity contribution < 1.29 is 9.47 Å². The van der Waals surface area contributed by atoms with Crippen molar-refractivity contribution in [1.82, 2.24) is 4.98 Å². The van der Waals surface area contributed by atoms with Crippen LogP contribution in [-0.4, -0.2) is 38.1 Å². The summed E-state index contributed by atoms with van der Waals surface area (Å²) < 4.78 is 10.6. The highest BCUT2D eigenvalue weighted by molar-refractivity contribution is 5.43. The second-order valence-electron chi connectivity index (χ2n) is 3.31. The maximum Gasteiger partial charge on any atom is 0.119 e. The van der Waals surface area contributed by atoms with E-state index in [-0.39, 0.29) is 6.10 Å². The highest BCUT2D eigenvalue weighted by Crippen LogP contribution is 2.17. The Kier molecular flexibility index (Phi) is 2.96. The summed E-state index contributed by atoms with van der Waals surface area (Å²) in [6, 6.07) is 3.96. The predicted octanol–water partition coefficient (Wildman–Crippen LogP) is 0.891. The van der Waals surface area contributed by atoms with Gasteiger partial charge in [-0.15, -0.1) is 0 Å². The zero-order valence-electron chi connectivity index (χ0n) is 8.22. The standard InChI is InChI=1S/C10H14N2O2/c1-13-7-10-6-12(8-14-10)9-3-2-4-11-5-9/h2-5,10H,6-8H2,1H3. The van der Waals surface area contributed by atoms with E-state index in [1.165, 1.54) is 0 Å². The van der Waals surface area contributed by atoms with Crippen molar-refractivity contribution in [3.63, 3.8) is 0 Å². The van der Waals surface area contributed by atoms with Crippen molar-refractivity contribution in [1.29, 1.82) is 0 Å². The second kappa shape index (κ2) is 4.39. The number of methoxy groups -OCH3 is 1. The van der Waals surface area contributed by atoms with E-state index >= 15 is 0 Å². The SMILES string of the molecule is COCC1CN(c2cccnc2)CO1. The lowest BCUT2D eigenvalue weighted by Crippen LogP contribution is -2.23. The van der Waals surface area contributed by atoms with E-state index in [0.29, 0.717) is 13.3 Å². The van der Waals surface area contributed by atoms with Crippen LogP contribution >= 0.6 is 0 Å². The lowest BCUT2D eigenvalue weighted by molar-refractivity contribution is 0.0430. The van der Waals surface area contributed by atoms with Gasteiger partial charge in [-0.3, -0.25) is 4.98 Å². The van der Waals surface area contributed by atoms with Crippen LogP contribution in [0.5, 0.6) is 0 Å². The summed E-state index contributed by atoms with van der Waals surface area (Å²) in [6.45, 7) is 2.15. The molecule has 0 amide bonds. The molecule has 4 nitrogen and oxygen atoms in total. The largest absolute Gasteiger partial charge is 0.382 e. The van der Waals surface area contributed by atoms with Crippen LogP contribution in [0, 0.1) is 0 Å². The van der Waals surface area contributed by atoms with E-state index in [9.17, 15) is 0 Å². The predicted molar refractivity (Wildman–Crippen MR) is 53.2 cm³/mol. The van der Waals surface area contributed by atoms with E-state index in [1.54, 1.807) is 13.3 Å². The van der Waals surface area contributed by atoms with Crippen LogP contribution in [0.3, 0.4) is 0 Å². The molecule has 0 saturated carbocycles. The molecule has 0 radical (unpaired) electrons. The average Bonchev–Trinajstić information content (AvgIpc) is 2.68. The third-order valence-corrected chi connectivity index (χ3v) is 2.25. The first-order valence-electron chi connectivity index (χ1n) is 4.65. The lowest BCUT2D eigenvalue weighted by Gasteiger charge is -2.14. The Balaban J connectivity index is 1.96. The second-order valence-corrected chi connectivity index (χ2v) is 3.31. The highest BCUT2D eigenvalue weighted by Gasteiger charge is 2.22. The number of pyridine rings is 1. The van der Waals surface area contributed by atoms with E-state index < -0.39 is 0 Å². The molecule has 1 fully saturated rings. The molecule has 0 N–H and O–H groups in total. The molecule has 2 heterocycles. The van der Waals surface area contributed by atoms with E-state index in [1.807, 2.05) is 18.3 Å². The van der Waals surface area contributed by atoms with Crippen LogP contribution < -0.4 is 4.90 Å². The van der Waals surface area contributed by atoms with Gasteiger partial charge < -0.3 is 14.4 Å². The number of aromatic nitrogens is 1. The molecule has 4 heteroatoms.